The van der Waals surface area contributed by atoms with Gasteiger partial charge in [0.15, 0.2) is 0 Å². The molecule has 2 heterocycles. The maximum Gasteiger partial charge on any atom is 0.219 e. The summed E-state index contributed by atoms with van der Waals surface area (Å²) in [7, 11) is -1.80. The van der Waals surface area contributed by atoms with E-state index in [9.17, 15) is 8.42 Å². The molecule has 1 fully saturated rings. The van der Waals surface area contributed by atoms with E-state index in [1.807, 2.05) is 24.3 Å². The molecule has 3 rings (SSSR count). The molecule has 2 aromatic rings. The summed E-state index contributed by atoms with van der Waals surface area (Å²) in [6.07, 6.45) is 1.52. The molecule has 6 nitrogen and oxygen atoms in total. The molecule has 1 aromatic carbocycles. The first kappa shape index (κ1) is 18.1. The number of hydrogen-bond acceptors (Lipinski definition) is 5. The Morgan fingerprint density at radius 3 is 2.56 bits per heavy atom. The molecule has 0 bridgehead atoms. The highest BCUT2D eigenvalue weighted by Gasteiger charge is 2.43. The molecule has 0 saturated carbocycles. The maximum absolute atomic E-state index is 12.8. The SMILES string of the molecule is CC(C)c1ccc([C@@H]2[C@@H](S(=O)(=O)NCc3ccco3)CON2C)cc1. The molecule has 1 N–H and O–H groups in total. The van der Waals surface area contributed by atoms with Gasteiger partial charge in [0.2, 0.25) is 10.0 Å². The van der Waals surface area contributed by atoms with E-state index < -0.39 is 15.3 Å². The van der Waals surface area contributed by atoms with Crippen molar-refractivity contribution in [3.05, 3.63) is 59.5 Å². The molecule has 1 aliphatic heterocycles. The van der Waals surface area contributed by atoms with Crippen LogP contribution in [0.25, 0.3) is 0 Å². The first-order chi connectivity index (χ1) is 11.9. The van der Waals surface area contributed by atoms with Crippen molar-refractivity contribution in [2.45, 2.75) is 37.6 Å². The van der Waals surface area contributed by atoms with Crippen LogP contribution in [0.4, 0.5) is 0 Å². The van der Waals surface area contributed by atoms with Crippen LogP contribution in [-0.4, -0.2) is 32.4 Å². The van der Waals surface area contributed by atoms with Gasteiger partial charge in [-0.1, -0.05) is 38.1 Å². The van der Waals surface area contributed by atoms with Gasteiger partial charge in [0, 0.05) is 7.05 Å². The van der Waals surface area contributed by atoms with Crippen LogP contribution in [0.1, 0.15) is 42.7 Å². The summed E-state index contributed by atoms with van der Waals surface area (Å²) in [5.74, 6) is 1.01. The average Bonchev–Trinajstić information content (AvgIpc) is 3.23. The second-order valence-corrected chi connectivity index (χ2v) is 8.58. The zero-order chi connectivity index (χ0) is 18.0. The highest BCUT2D eigenvalue weighted by atomic mass is 32.2. The highest BCUT2D eigenvalue weighted by molar-refractivity contribution is 7.90. The summed E-state index contributed by atoms with van der Waals surface area (Å²) in [6.45, 7) is 4.52. The van der Waals surface area contributed by atoms with Gasteiger partial charge < -0.3 is 4.42 Å². The van der Waals surface area contributed by atoms with E-state index >= 15 is 0 Å². The van der Waals surface area contributed by atoms with Crippen LogP contribution in [0.3, 0.4) is 0 Å². The molecule has 0 radical (unpaired) electrons. The predicted molar refractivity (Wildman–Crippen MR) is 95.2 cm³/mol. The van der Waals surface area contributed by atoms with Gasteiger partial charge in [-0.2, -0.15) is 5.06 Å². The summed E-state index contributed by atoms with van der Waals surface area (Å²) in [5.41, 5.74) is 2.15. The lowest BCUT2D eigenvalue weighted by Crippen LogP contribution is -2.39. The molecule has 0 spiro atoms. The fourth-order valence-corrected chi connectivity index (χ4v) is 4.52. The fraction of sp³-hybridized carbons (Fsp3) is 0.444. The van der Waals surface area contributed by atoms with E-state index in [-0.39, 0.29) is 19.2 Å². The van der Waals surface area contributed by atoms with Crippen LogP contribution >= 0.6 is 0 Å². The molecule has 25 heavy (non-hydrogen) atoms. The lowest BCUT2D eigenvalue weighted by Gasteiger charge is -2.23. The molecule has 0 unspecified atom stereocenters. The molecule has 1 saturated heterocycles. The summed E-state index contributed by atoms with van der Waals surface area (Å²) in [6, 6.07) is 11.2. The average molecular weight is 364 g/mol. The molecule has 0 aliphatic carbocycles. The van der Waals surface area contributed by atoms with Gasteiger partial charge >= 0.3 is 0 Å². The molecule has 2 atom stereocenters. The van der Waals surface area contributed by atoms with Gasteiger partial charge in [-0.05, 0) is 29.2 Å². The van der Waals surface area contributed by atoms with Crippen LogP contribution in [0.15, 0.2) is 47.1 Å². The Hall–Kier alpha value is -1.67. The number of nitrogens with zero attached hydrogens (tertiary/aromatic N) is 1. The summed E-state index contributed by atoms with van der Waals surface area (Å²) < 4.78 is 33.4. The fourth-order valence-electron chi connectivity index (χ4n) is 3.05. The monoisotopic (exact) mass is 364 g/mol. The van der Waals surface area contributed by atoms with E-state index in [0.29, 0.717) is 11.7 Å². The van der Waals surface area contributed by atoms with Crippen LogP contribution in [-0.2, 0) is 21.4 Å². The van der Waals surface area contributed by atoms with Gasteiger partial charge in [-0.25, -0.2) is 13.1 Å². The van der Waals surface area contributed by atoms with E-state index in [2.05, 4.69) is 18.6 Å². The number of sulfonamides is 1. The van der Waals surface area contributed by atoms with Gasteiger partial charge in [0.05, 0.1) is 25.5 Å². The van der Waals surface area contributed by atoms with Gasteiger partial charge in [0.25, 0.3) is 0 Å². The summed E-state index contributed by atoms with van der Waals surface area (Å²) >= 11 is 0. The summed E-state index contributed by atoms with van der Waals surface area (Å²) in [4.78, 5) is 5.52. The molecule has 136 valence electrons. The van der Waals surface area contributed by atoms with E-state index in [0.717, 1.165) is 5.56 Å². The van der Waals surface area contributed by atoms with Crippen molar-refractivity contribution < 1.29 is 17.7 Å². The van der Waals surface area contributed by atoms with Crippen LogP contribution < -0.4 is 4.72 Å². The Kier molecular flexibility index (Phi) is 5.29. The first-order valence-corrected chi connectivity index (χ1v) is 9.89. The summed E-state index contributed by atoms with van der Waals surface area (Å²) in [5, 5.41) is 0.943. The van der Waals surface area contributed by atoms with Crippen LogP contribution in [0.5, 0.6) is 0 Å². The third-order valence-electron chi connectivity index (χ3n) is 4.56. The van der Waals surface area contributed by atoms with Crippen LogP contribution in [0.2, 0.25) is 0 Å². The minimum Gasteiger partial charge on any atom is -0.468 e. The lowest BCUT2D eigenvalue weighted by molar-refractivity contribution is -0.110. The minimum atomic E-state index is -3.57. The predicted octanol–water partition coefficient (Wildman–Crippen LogP) is 2.81. The number of benzene rings is 1. The van der Waals surface area contributed by atoms with Crippen molar-refractivity contribution in [3.63, 3.8) is 0 Å². The first-order valence-electron chi connectivity index (χ1n) is 8.35. The van der Waals surface area contributed by atoms with Crippen molar-refractivity contribution in [1.29, 1.82) is 0 Å². The van der Waals surface area contributed by atoms with E-state index in [4.69, 9.17) is 9.25 Å². The Morgan fingerprint density at radius 2 is 1.96 bits per heavy atom. The molecule has 1 aromatic heterocycles. The van der Waals surface area contributed by atoms with E-state index in [1.165, 1.54) is 11.8 Å². The lowest BCUT2D eigenvalue weighted by atomic mass is 9.98. The quantitative estimate of drug-likeness (QED) is 0.853. The number of hydrogen-bond donors (Lipinski definition) is 1. The van der Waals surface area contributed by atoms with Crippen molar-refractivity contribution >= 4 is 10.0 Å². The third kappa shape index (κ3) is 3.95. The van der Waals surface area contributed by atoms with E-state index in [1.54, 1.807) is 24.2 Å². The molecular weight excluding hydrogens is 340 g/mol. The Bertz CT molecular complexity index is 785. The van der Waals surface area contributed by atoms with Crippen LogP contribution in [0, 0.1) is 0 Å². The zero-order valence-corrected chi connectivity index (χ0v) is 15.5. The molecular formula is C18H24N2O4S. The number of hydroxylamine groups is 2. The second kappa shape index (κ2) is 7.29. The number of nitrogens with one attached hydrogen (secondary N) is 1. The normalized spacial score (nSPS) is 21.9. The third-order valence-corrected chi connectivity index (χ3v) is 6.29. The van der Waals surface area contributed by atoms with Gasteiger partial charge in [-0.15, -0.1) is 0 Å². The van der Waals surface area contributed by atoms with Crippen molar-refractivity contribution in [1.82, 2.24) is 9.79 Å². The van der Waals surface area contributed by atoms with Gasteiger partial charge in [0.1, 0.15) is 11.0 Å². The van der Waals surface area contributed by atoms with Gasteiger partial charge in [-0.3, -0.25) is 4.84 Å². The Balaban J connectivity index is 1.79. The largest absolute Gasteiger partial charge is 0.468 e. The highest BCUT2D eigenvalue weighted by Crippen LogP contribution is 2.33. The molecule has 1 aliphatic rings. The molecule has 0 amide bonds. The Morgan fingerprint density at radius 1 is 1.24 bits per heavy atom. The molecule has 7 heteroatoms. The minimum absolute atomic E-state index is 0.126. The standard InChI is InChI=1S/C18H24N2O4S/c1-13(2)14-6-8-15(9-7-14)18-17(12-24-20(18)3)25(21,22)19-11-16-5-4-10-23-16/h4-10,13,17-19H,11-12H2,1-3H3/t17-,18+/m0/s1. The number of furan rings is 1. The smallest absolute Gasteiger partial charge is 0.219 e. The van der Waals surface area contributed by atoms with Crippen molar-refractivity contribution in [2.75, 3.05) is 13.7 Å². The number of rotatable bonds is 6. The topological polar surface area (TPSA) is 71.8 Å². The zero-order valence-electron chi connectivity index (χ0n) is 14.7. The second-order valence-electron chi connectivity index (χ2n) is 6.59. The maximum atomic E-state index is 12.8. The van der Waals surface area contributed by atoms with Crippen molar-refractivity contribution in [2.24, 2.45) is 0 Å². The van der Waals surface area contributed by atoms with Crippen molar-refractivity contribution in [3.8, 4) is 0 Å². The Labute approximate surface area is 148 Å².